The predicted octanol–water partition coefficient (Wildman–Crippen LogP) is 4.48. The molecule has 1 N–H and O–H groups in total. The van der Waals surface area contributed by atoms with E-state index in [1.165, 1.54) is 28.7 Å². The third-order valence-corrected chi connectivity index (χ3v) is 6.41. The minimum atomic E-state index is -0.239. The zero-order chi connectivity index (χ0) is 21.3. The van der Waals surface area contributed by atoms with E-state index in [0.29, 0.717) is 33.5 Å². The molecule has 4 rings (SSSR count). The molecule has 30 heavy (non-hydrogen) atoms. The predicted molar refractivity (Wildman–Crippen MR) is 120 cm³/mol. The molecular formula is C21H20N4O3S2. The zero-order valence-electron chi connectivity index (χ0n) is 16.8. The van der Waals surface area contributed by atoms with Crippen LogP contribution in [0.1, 0.15) is 18.2 Å². The number of aryl methyl sites for hydroxylation is 2. The molecule has 1 aromatic carbocycles. The minimum absolute atomic E-state index is 0.0886. The van der Waals surface area contributed by atoms with Gasteiger partial charge in [-0.3, -0.25) is 14.2 Å². The average Bonchev–Trinajstić information content (AvgIpc) is 3.33. The number of nitrogens with zero attached hydrogens (tertiary/aromatic N) is 3. The molecule has 0 saturated heterocycles. The molecule has 0 aliphatic heterocycles. The zero-order valence-corrected chi connectivity index (χ0v) is 18.4. The van der Waals surface area contributed by atoms with Crippen molar-refractivity contribution in [3.05, 3.63) is 57.4 Å². The monoisotopic (exact) mass is 440 g/mol. The van der Waals surface area contributed by atoms with Crippen LogP contribution >= 0.6 is 23.1 Å². The number of hydrogen-bond donors (Lipinski definition) is 1. The fourth-order valence-corrected chi connectivity index (χ4v) is 4.93. The van der Waals surface area contributed by atoms with Gasteiger partial charge in [0.1, 0.15) is 10.6 Å². The van der Waals surface area contributed by atoms with Gasteiger partial charge in [-0.2, -0.15) is 0 Å². The molecule has 0 aliphatic rings. The van der Waals surface area contributed by atoms with Crippen LogP contribution in [0.5, 0.6) is 0 Å². The number of anilines is 1. The van der Waals surface area contributed by atoms with E-state index in [2.05, 4.69) is 15.5 Å². The highest BCUT2D eigenvalue weighted by atomic mass is 32.2. The number of amides is 1. The van der Waals surface area contributed by atoms with Gasteiger partial charge < -0.3 is 9.84 Å². The fraction of sp³-hybridized carbons (Fsp3) is 0.238. The van der Waals surface area contributed by atoms with E-state index in [4.69, 9.17) is 4.52 Å². The summed E-state index contributed by atoms with van der Waals surface area (Å²) in [5, 5.41) is 9.55. The number of thiophene rings is 1. The first-order chi connectivity index (χ1) is 14.5. The second-order valence-corrected chi connectivity index (χ2v) is 8.60. The minimum Gasteiger partial charge on any atom is -0.360 e. The van der Waals surface area contributed by atoms with E-state index in [1.807, 2.05) is 43.5 Å². The van der Waals surface area contributed by atoms with Gasteiger partial charge >= 0.3 is 0 Å². The van der Waals surface area contributed by atoms with E-state index in [-0.39, 0.29) is 17.2 Å². The lowest BCUT2D eigenvalue weighted by molar-refractivity contribution is -0.113. The summed E-state index contributed by atoms with van der Waals surface area (Å²) >= 11 is 2.67. The first-order valence-electron chi connectivity index (χ1n) is 9.41. The molecule has 0 bridgehead atoms. The van der Waals surface area contributed by atoms with Gasteiger partial charge in [0.2, 0.25) is 5.91 Å². The summed E-state index contributed by atoms with van der Waals surface area (Å²) in [5.74, 6) is 0.860. The topological polar surface area (TPSA) is 90.0 Å². The quantitative estimate of drug-likeness (QED) is 0.351. The van der Waals surface area contributed by atoms with Crippen molar-refractivity contribution in [2.75, 3.05) is 11.1 Å². The van der Waals surface area contributed by atoms with Gasteiger partial charge in [0.05, 0.1) is 11.1 Å². The molecule has 9 heteroatoms. The van der Waals surface area contributed by atoms with Gasteiger partial charge in [-0.1, -0.05) is 46.7 Å². The lowest BCUT2D eigenvalue weighted by Crippen LogP contribution is -2.23. The Labute approximate surface area is 181 Å². The maximum atomic E-state index is 13.2. The third-order valence-electron chi connectivity index (χ3n) is 4.57. The highest BCUT2D eigenvalue weighted by molar-refractivity contribution is 7.99. The standard InChI is InChI=1S/C21H20N4O3S2/c1-4-25-20(27)18-15(14-7-5-12(2)6-8-14)10-29-19(18)23-21(25)30-11-17(26)22-16-9-13(3)28-24-16/h5-10H,4,11H2,1-3H3,(H,22,24,26). The van der Waals surface area contributed by atoms with Gasteiger partial charge in [0, 0.05) is 23.6 Å². The molecule has 3 heterocycles. The van der Waals surface area contributed by atoms with Gasteiger partial charge in [0.15, 0.2) is 11.0 Å². The van der Waals surface area contributed by atoms with Crippen molar-refractivity contribution in [1.29, 1.82) is 0 Å². The van der Waals surface area contributed by atoms with Crippen LogP contribution in [0.3, 0.4) is 0 Å². The summed E-state index contributed by atoms with van der Waals surface area (Å²) in [6.45, 7) is 6.15. The van der Waals surface area contributed by atoms with Gasteiger partial charge in [0.25, 0.3) is 5.56 Å². The van der Waals surface area contributed by atoms with E-state index >= 15 is 0 Å². The fourth-order valence-electron chi connectivity index (χ4n) is 3.07. The Morgan fingerprint density at radius 1 is 1.27 bits per heavy atom. The highest BCUT2D eigenvalue weighted by Crippen LogP contribution is 2.32. The van der Waals surface area contributed by atoms with Gasteiger partial charge in [-0.25, -0.2) is 4.98 Å². The maximum absolute atomic E-state index is 13.2. The lowest BCUT2D eigenvalue weighted by atomic mass is 10.1. The number of rotatable bonds is 6. The molecule has 0 fully saturated rings. The van der Waals surface area contributed by atoms with E-state index < -0.39 is 0 Å². The number of nitrogens with one attached hydrogen (secondary N) is 1. The van der Waals surface area contributed by atoms with Crippen LogP contribution in [0.25, 0.3) is 21.3 Å². The maximum Gasteiger partial charge on any atom is 0.263 e. The molecular weight excluding hydrogens is 420 g/mol. The number of benzene rings is 1. The van der Waals surface area contributed by atoms with E-state index in [9.17, 15) is 9.59 Å². The Balaban J connectivity index is 1.62. The summed E-state index contributed by atoms with van der Waals surface area (Å²) < 4.78 is 6.56. The van der Waals surface area contributed by atoms with Gasteiger partial charge in [-0.15, -0.1) is 11.3 Å². The summed E-state index contributed by atoms with van der Waals surface area (Å²) in [7, 11) is 0. The first kappa shape index (κ1) is 20.4. The number of thioether (sulfide) groups is 1. The van der Waals surface area contributed by atoms with Crippen LogP contribution in [0, 0.1) is 13.8 Å². The molecule has 3 aromatic heterocycles. The SMILES string of the molecule is CCn1c(SCC(=O)Nc2cc(C)on2)nc2scc(-c3ccc(C)cc3)c2c1=O. The number of carbonyl (C=O) groups is 1. The van der Waals surface area contributed by atoms with Crippen LogP contribution in [0.15, 0.2) is 50.2 Å². The van der Waals surface area contributed by atoms with Gasteiger partial charge in [-0.05, 0) is 26.3 Å². The Hall–Kier alpha value is -2.91. The van der Waals surface area contributed by atoms with Crippen molar-refractivity contribution in [2.24, 2.45) is 0 Å². The van der Waals surface area contributed by atoms with Crippen LogP contribution in [-0.4, -0.2) is 26.4 Å². The Morgan fingerprint density at radius 2 is 2.03 bits per heavy atom. The lowest BCUT2D eigenvalue weighted by Gasteiger charge is -2.10. The number of fused-ring (bicyclic) bond motifs is 1. The number of carbonyl (C=O) groups excluding carboxylic acids is 1. The Bertz CT molecular complexity index is 1270. The smallest absolute Gasteiger partial charge is 0.263 e. The number of hydrogen-bond acceptors (Lipinski definition) is 7. The normalized spacial score (nSPS) is 11.2. The van der Waals surface area contributed by atoms with E-state index in [0.717, 1.165) is 11.1 Å². The Kier molecular flexibility index (Phi) is 5.74. The summed E-state index contributed by atoms with van der Waals surface area (Å²) in [5.41, 5.74) is 2.97. The molecule has 0 aliphatic carbocycles. The molecule has 0 saturated carbocycles. The summed E-state index contributed by atoms with van der Waals surface area (Å²) in [6, 6.07) is 9.75. The van der Waals surface area contributed by atoms with Crippen molar-refractivity contribution in [3.63, 3.8) is 0 Å². The van der Waals surface area contributed by atoms with Crippen LogP contribution in [0.2, 0.25) is 0 Å². The van der Waals surface area contributed by atoms with Crippen molar-refractivity contribution >= 4 is 45.0 Å². The molecule has 0 atom stereocenters. The second kappa shape index (κ2) is 8.45. The molecule has 0 radical (unpaired) electrons. The molecule has 4 aromatic rings. The highest BCUT2D eigenvalue weighted by Gasteiger charge is 2.18. The van der Waals surface area contributed by atoms with E-state index in [1.54, 1.807) is 17.6 Å². The molecule has 1 amide bonds. The molecule has 0 spiro atoms. The molecule has 0 unspecified atom stereocenters. The summed E-state index contributed by atoms with van der Waals surface area (Å²) in [4.78, 5) is 30.8. The van der Waals surface area contributed by atoms with Crippen molar-refractivity contribution in [1.82, 2.24) is 14.7 Å². The second-order valence-electron chi connectivity index (χ2n) is 6.80. The first-order valence-corrected chi connectivity index (χ1v) is 11.3. The molecule has 7 nitrogen and oxygen atoms in total. The van der Waals surface area contributed by atoms with Crippen LogP contribution < -0.4 is 10.9 Å². The third kappa shape index (κ3) is 4.03. The molecule has 154 valence electrons. The van der Waals surface area contributed by atoms with Crippen molar-refractivity contribution in [2.45, 2.75) is 32.5 Å². The largest absolute Gasteiger partial charge is 0.360 e. The van der Waals surface area contributed by atoms with Crippen molar-refractivity contribution < 1.29 is 9.32 Å². The van der Waals surface area contributed by atoms with Crippen molar-refractivity contribution in [3.8, 4) is 11.1 Å². The van der Waals surface area contributed by atoms with Crippen LogP contribution in [0.4, 0.5) is 5.82 Å². The summed E-state index contributed by atoms with van der Waals surface area (Å²) in [6.07, 6.45) is 0. The van der Waals surface area contributed by atoms with Crippen LogP contribution in [-0.2, 0) is 11.3 Å². The number of aromatic nitrogens is 3. The Morgan fingerprint density at radius 3 is 2.70 bits per heavy atom. The average molecular weight is 441 g/mol.